The minimum atomic E-state index is -0.898. The molecule has 1 aliphatic heterocycles. The molecule has 0 aromatic carbocycles. The average Bonchev–Trinajstić information content (AvgIpc) is 2.92. The van der Waals surface area contributed by atoms with Crippen molar-refractivity contribution >= 4 is 11.9 Å². The second-order valence-corrected chi connectivity index (χ2v) is 5.03. The van der Waals surface area contributed by atoms with E-state index in [-0.39, 0.29) is 5.91 Å². The van der Waals surface area contributed by atoms with Gasteiger partial charge in [-0.25, -0.2) is 4.79 Å². The van der Waals surface area contributed by atoms with Gasteiger partial charge < -0.3 is 14.6 Å². The monoisotopic (exact) mass is 248 g/mol. The van der Waals surface area contributed by atoms with Crippen LogP contribution in [0, 0.1) is 0 Å². The fraction of sp³-hybridized carbons (Fsp3) is 0.538. The molecule has 2 fully saturated rings. The number of aromatic nitrogens is 1. The Kier molecular flexibility index (Phi) is 2.61. The average molecular weight is 248 g/mol. The Labute approximate surface area is 105 Å². The lowest BCUT2D eigenvalue weighted by Crippen LogP contribution is -2.41. The minimum absolute atomic E-state index is 0.142. The van der Waals surface area contributed by atoms with Crippen molar-refractivity contribution in [3.05, 3.63) is 24.0 Å². The van der Waals surface area contributed by atoms with E-state index in [4.69, 9.17) is 5.11 Å². The molecule has 1 saturated heterocycles. The van der Waals surface area contributed by atoms with Gasteiger partial charge in [-0.3, -0.25) is 4.79 Å². The van der Waals surface area contributed by atoms with Crippen LogP contribution in [-0.4, -0.2) is 39.0 Å². The molecule has 18 heavy (non-hydrogen) atoms. The number of carbonyl (C=O) groups excluding carboxylic acids is 1. The van der Waals surface area contributed by atoms with Crippen molar-refractivity contribution in [2.45, 2.75) is 37.8 Å². The summed E-state index contributed by atoms with van der Waals surface area (Å²) in [5.41, 5.74) is 0.630. The summed E-state index contributed by atoms with van der Waals surface area (Å²) in [5, 5.41) is 9.12. The van der Waals surface area contributed by atoms with Gasteiger partial charge in [0.25, 0.3) is 5.91 Å². The van der Waals surface area contributed by atoms with E-state index < -0.39 is 12.0 Å². The van der Waals surface area contributed by atoms with Gasteiger partial charge in [0.05, 0.1) is 0 Å². The minimum Gasteiger partial charge on any atom is -0.480 e. The number of amides is 1. The van der Waals surface area contributed by atoms with Crippen LogP contribution in [0.25, 0.3) is 0 Å². The van der Waals surface area contributed by atoms with Gasteiger partial charge in [0.2, 0.25) is 0 Å². The maximum absolute atomic E-state index is 12.4. The second kappa shape index (κ2) is 4.15. The Bertz CT molecular complexity index is 490. The number of carbonyl (C=O) groups is 2. The van der Waals surface area contributed by atoms with E-state index in [2.05, 4.69) is 0 Å². The van der Waals surface area contributed by atoms with Gasteiger partial charge in [0, 0.05) is 18.8 Å². The lowest BCUT2D eigenvalue weighted by molar-refractivity contribution is -0.141. The number of likely N-dealkylation sites (tertiary alicyclic amines) is 1. The lowest BCUT2D eigenvalue weighted by Gasteiger charge is -2.22. The zero-order chi connectivity index (χ0) is 12.7. The predicted molar refractivity (Wildman–Crippen MR) is 64.4 cm³/mol. The van der Waals surface area contributed by atoms with E-state index in [1.165, 1.54) is 4.90 Å². The molecule has 1 aliphatic carbocycles. The quantitative estimate of drug-likeness (QED) is 0.882. The normalized spacial score (nSPS) is 23.3. The third-order valence-corrected chi connectivity index (χ3v) is 3.74. The van der Waals surface area contributed by atoms with Crippen molar-refractivity contribution < 1.29 is 14.7 Å². The number of hydrogen-bond donors (Lipinski definition) is 1. The summed E-state index contributed by atoms with van der Waals surface area (Å²) in [7, 11) is 0. The van der Waals surface area contributed by atoms with Crippen LogP contribution in [0.2, 0.25) is 0 Å². The van der Waals surface area contributed by atoms with Crippen molar-refractivity contribution in [2.24, 2.45) is 0 Å². The highest BCUT2D eigenvalue weighted by molar-refractivity contribution is 5.95. The number of aliphatic carboxylic acids is 1. The van der Waals surface area contributed by atoms with Crippen LogP contribution in [-0.2, 0) is 4.79 Å². The van der Waals surface area contributed by atoms with Gasteiger partial charge in [-0.15, -0.1) is 0 Å². The molecule has 1 aromatic rings. The maximum atomic E-state index is 12.4. The fourth-order valence-corrected chi connectivity index (χ4v) is 2.66. The topological polar surface area (TPSA) is 62.5 Å². The van der Waals surface area contributed by atoms with Gasteiger partial charge in [-0.2, -0.15) is 0 Å². The largest absolute Gasteiger partial charge is 0.480 e. The van der Waals surface area contributed by atoms with Crippen molar-refractivity contribution in [1.29, 1.82) is 0 Å². The van der Waals surface area contributed by atoms with Gasteiger partial charge in [0.1, 0.15) is 11.7 Å². The van der Waals surface area contributed by atoms with E-state index in [0.29, 0.717) is 24.7 Å². The van der Waals surface area contributed by atoms with Gasteiger partial charge in [-0.05, 0) is 37.8 Å². The molecule has 1 amide bonds. The lowest BCUT2D eigenvalue weighted by atomic mass is 10.2. The summed E-state index contributed by atoms with van der Waals surface area (Å²) in [5.74, 6) is -1.04. The molecular formula is C13H16N2O3. The number of carboxylic acid groups (broad SMARTS) is 1. The standard InChI is InChI=1S/C13H16N2O3/c16-12(15-8-2-4-11(15)13(17)18)10-3-1-7-14(10)9-5-6-9/h1,3,7,9,11H,2,4-6,8H2,(H,17,18)/t11-/m1/s1. The molecular weight excluding hydrogens is 232 g/mol. The van der Waals surface area contributed by atoms with Crippen molar-refractivity contribution in [3.8, 4) is 0 Å². The molecule has 0 spiro atoms. The number of rotatable bonds is 3. The molecule has 0 unspecified atom stereocenters. The fourth-order valence-electron chi connectivity index (χ4n) is 2.66. The van der Waals surface area contributed by atoms with Crippen molar-refractivity contribution in [3.63, 3.8) is 0 Å². The zero-order valence-electron chi connectivity index (χ0n) is 10.1. The molecule has 0 bridgehead atoms. The summed E-state index contributed by atoms with van der Waals surface area (Å²) in [6.45, 7) is 0.547. The van der Waals surface area contributed by atoms with E-state index in [1.807, 2.05) is 16.8 Å². The van der Waals surface area contributed by atoms with Crippen LogP contribution in [0.4, 0.5) is 0 Å². The maximum Gasteiger partial charge on any atom is 0.326 e. The first-order valence-corrected chi connectivity index (χ1v) is 6.39. The Balaban J connectivity index is 1.85. The summed E-state index contributed by atoms with van der Waals surface area (Å²) in [6, 6.07) is 3.43. The molecule has 1 aromatic heterocycles. The van der Waals surface area contributed by atoms with E-state index in [1.54, 1.807) is 6.07 Å². The molecule has 1 atom stereocenters. The van der Waals surface area contributed by atoms with Crippen molar-refractivity contribution in [2.75, 3.05) is 6.54 Å². The predicted octanol–water partition coefficient (Wildman–Crippen LogP) is 1.51. The zero-order valence-corrected chi connectivity index (χ0v) is 10.1. The molecule has 5 heteroatoms. The summed E-state index contributed by atoms with van der Waals surface area (Å²) < 4.78 is 1.99. The van der Waals surface area contributed by atoms with Crippen LogP contribution >= 0.6 is 0 Å². The Hall–Kier alpha value is -1.78. The molecule has 1 saturated carbocycles. The van der Waals surface area contributed by atoms with Crippen molar-refractivity contribution in [1.82, 2.24) is 9.47 Å². The van der Waals surface area contributed by atoms with Crippen LogP contribution in [0.15, 0.2) is 18.3 Å². The smallest absolute Gasteiger partial charge is 0.326 e. The SMILES string of the molecule is O=C(O)[C@H]1CCCN1C(=O)c1cccn1C1CC1. The first kappa shape index (κ1) is 11.3. The van der Waals surface area contributed by atoms with Gasteiger partial charge in [-0.1, -0.05) is 0 Å². The van der Waals surface area contributed by atoms with Crippen LogP contribution < -0.4 is 0 Å². The molecule has 5 nitrogen and oxygen atoms in total. The highest BCUT2D eigenvalue weighted by atomic mass is 16.4. The first-order valence-electron chi connectivity index (χ1n) is 6.39. The van der Waals surface area contributed by atoms with Gasteiger partial charge >= 0.3 is 5.97 Å². The van der Waals surface area contributed by atoms with E-state index in [9.17, 15) is 9.59 Å². The number of carboxylic acids is 1. The summed E-state index contributed by atoms with van der Waals surface area (Å²) in [4.78, 5) is 25.0. The molecule has 3 rings (SSSR count). The Morgan fingerprint density at radius 1 is 1.28 bits per heavy atom. The highest BCUT2D eigenvalue weighted by Gasteiger charge is 2.36. The Morgan fingerprint density at radius 2 is 2.06 bits per heavy atom. The van der Waals surface area contributed by atoms with Gasteiger partial charge in [0.15, 0.2) is 0 Å². The highest BCUT2D eigenvalue weighted by Crippen LogP contribution is 2.36. The number of hydrogen-bond acceptors (Lipinski definition) is 2. The number of nitrogens with zero attached hydrogens (tertiary/aromatic N) is 2. The second-order valence-electron chi connectivity index (χ2n) is 5.03. The molecule has 2 aliphatic rings. The van der Waals surface area contributed by atoms with Crippen LogP contribution in [0.3, 0.4) is 0 Å². The third-order valence-electron chi connectivity index (χ3n) is 3.74. The molecule has 2 heterocycles. The molecule has 96 valence electrons. The molecule has 1 N–H and O–H groups in total. The molecule has 0 radical (unpaired) electrons. The third kappa shape index (κ3) is 1.79. The van der Waals surface area contributed by atoms with E-state index >= 15 is 0 Å². The summed E-state index contributed by atoms with van der Waals surface area (Å²) >= 11 is 0. The van der Waals surface area contributed by atoms with E-state index in [0.717, 1.165) is 19.3 Å². The van der Waals surface area contributed by atoms with Crippen LogP contribution in [0.5, 0.6) is 0 Å². The Morgan fingerprint density at radius 3 is 2.72 bits per heavy atom. The summed E-state index contributed by atoms with van der Waals surface area (Å²) in [6.07, 6.45) is 5.46. The first-order chi connectivity index (χ1) is 8.68. The van der Waals surface area contributed by atoms with Crippen LogP contribution in [0.1, 0.15) is 42.2 Å².